The number of nitrogens with one attached hydrogen (secondary N) is 2. The zero-order valence-electron chi connectivity index (χ0n) is 20.0. The predicted molar refractivity (Wildman–Crippen MR) is 135 cm³/mol. The fourth-order valence-electron chi connectivity index (χ4n) is 3.03. The van der Waals surface area contributed by atoms with Crippen LogP contribution < -0.4 is 15.9 Å². The molecule has 0 aliphatic carbocycles. The third kappa shape index (κ3) is 12.5. The van der Waals surface area contributed by atoms with Crippen LogP contribution in [0.5, 0.6) is 5.75 Å². The van der Waals surface area contributed by atoms with Gasteiger partial charge in [-0.1, -0.05) is 32.6 Å². The van der Waals surface area contributed by atoms with Crippen molar-refractivity contribution in [2.75, 3.05) is 13.7 Å². The van der Waals surface area contributed by atoms with Gasteiger partial charge in [0.25, 0.3) is 0 Å². The number of carboxylic acids is 2. The van der Waals surface area contributed by atoms with Gasteiger partial charge in [-0.3, -0.25) is 14.6 Å². The predicted octanol–water partition coefficient (Wildman–Crippen LogP) is 4.10. The van der Waals surface area contributed by atoms with Gasteiger partial charge in [-0.25, -0.2) is 5.43 Å². The second-order valence-electron chi connectivity index (χ2n) is 7.70. The van der Waals surface area contributed by atoms with E-state index in [0.29, 0.717) is 18.8 Å². The van der Waals surface area contributed by atoms with Crippen LogP contribution in [0.4, 0.5) is 0 Å². The maximum atomic E-state index is 10.0. The average Bonchev–Trinajstić information content (AvgIpc) is 3.21. The molecule has 188 valence electrons. The first-order valence-electron chi connectivity index (χ1n) is 11.5. The molecule has 0 amide bonds. The zero-order valence-corrected chi connectivity index (χ0v) is 20.0. The van der Waals surface area contributed by atoms with Gasteiger partial charge in [0.2, 0.25) is 5.96 Å². The van der Waals surface area contributed by atoms with Gasteiger partial charge in [0.1, 0.15) is 5.75 Å². The minimum absolute atomic E-state index is 0.188. The molecule has 10 nitrogen and oxygen atoms in total. The molecular weight excluding hydrogens is 438 g/mol. The first-order valence-corrected chi connectivity index (χ1v) is 11.5. The summed E-state index contributed by atoms with van der Waals surface area (Å²) in [7, 11) is 1.65. The maximum Gasteiger partial charge on any atom is 0.303 e. The van der Waals surface area contributed by atoms with Crippen molar-refractivity contribution < 1.29 is 24.5 Å². The number of hydrogen-bond donors (Lipinski definition) is 5. The van der Waals surface area contributed by atoms with Gasteiger partial charge in [0.15, 0.2) is 0 Å². The number of hydrazone groups is 1. The molecule has 0 unspecified atom stereocenters. The smallest absolute Gasteiger partial charge is 0.303 e. The second-order valence-corrected chi connectivity index (χ2v) is 7.70. The number of unbranched alkanes of at least 4 members (excludes halogenated alkanes) is 5. The summed E-state index contributed by atoms with van der Waals surface area (Å²) in [5.74, 6) is -0.419. The molecule has 34 heavy (non-hydrogen) atoms. The van der Waals surface area contributed by atoms with E-state index in [1.54, 1.807) is 13.3 Å². The average molecular weight is 476 g/mol. The Morgan fingerprint density at radius 1 is 1.09 bits per heavy atom. The molecule has 0 spiro atoms. The highest BCUT2D eigenvalue weighted by atomic mass is 16.5. The van der Waals surface area contributed by atoms with Crippen LogP contribution in [-0.4, -0.2) is 53.0 Å². The van der Waals surface area contributed by atoms with Crippen LogP contribution >= 0.6 is 0 Å². The van der Waals surface area contributed by atoms with Crippen LogP contribution in [0.2, 0.25) is 0 Å². The number of carbonyl (C=O) groups is 2. The molecule has 0 bridgehead atoms. The van der Waals surface area contributed by atoms with E-state index < -0.39 is 11.9 Å². The standard InChI is InChI=1S/C16H23N5O.C8H14O4/c1-3-4-5-8-18-16(17)21-20-11-12-10-19-15-7-6-13(22-2)9-14(12)15;9-7(10)5-3-1-2-4-6-8(11)12/h6-7,9-11,19H,3-5,8H2,1-2H3,(H3,17,18,21);1-6H2,(H,9,10)(H,11,12)/b20-11-;. The van der Waals surface area contributed by atoms with Crippen LogP contribution in [0.15, 0.2) is 34.5 Å². The van der Waals surface area contributed by atoms with Gasteiger partial charge in [-0.15, -0.1) is 0 Å². The number of nitrogens with two attached hydrogens (primary N) is 1. The van der Waals surface area contributed by atoms with Gasteiger partial charge in [0.05, 0.1) is 13.3 Å². The number of aliphatic imine (C=N–C) groups is 1. The van der Waals surface area contributed by atoms with E-state index in [9.17, 15) is 9.59 Å². The van der Waals surface area contributed by atoms with Gasteiger partial charge in [-0.2, -0.15) is 5.10 Å². The minimum Gasteiger partial charge on any atom is -0.497 e. The molecule has 2 aromatic rings. The Bertz CT molecular complexity index is 921. The molecule has 10 heteroatoms. The van der Waals surface area contributed by atoms with Crippen molar-refractivity contribution in [1.29, 1.82) is 0 Å². The van der Waals surface area contributed by atoms with Gasteiger partial charge in [0, 0.05) is 42.0 Å². The SMILES string of the molecule is CCCCCN=C(N)N/N=C\c1c[nH]c2ccc(OC)cc12.O=C(O)CCCCCCC(=O)O. The number of methoxy groups -OCH3 is 1. The number of nitrogens with zero attached hydrogens (tertiary/aromatic N) is 2. The number of fused-ring (bicyclic) bond motifs is 1. The van der Waals surface area contributed by atoms with Crippen molar-refractivity contribution in [2.45, 2.75) is 64.7 Å². The number of aromatic amines is 1. The Kier molecular flexibility index (Phi) is 14.2. The fourth-order valence-corrected chi connectivity index (χ4v) is 3.03. The fraction of sp³-hybridized carbons (Fsp3) is 0.500. The minimum atomic E-state index is -0.784. The van der Waals surface area contributed by atoms with Crippen molar-refractivity contribution in [3.8, 4) is 5.75 Å². The van der Waals surface area contributed by atoms with E-state index in [0.717, 1.165) is 54.4 Å². The quantitative estimate of drug-likeness (QED) is 0.119. The highest BCUT2D eigenvalue weighted by Gasteiger charge is 2.03. The first-order chi connectivity index (χ1) is 16.4. The summed E-state index contributed by atoms with van der Waals surface area (Å²) in [6.45, 7) is 2.89. The lowest BCUT2D eigenvalue weighted by Crippen LogP contribution is -2.27. The normalized spacial score (nSPS) is 11.3. The lowest BCUT2D eigenvalue weighted by atomic mass is 10.1. The molecule has 0 atom stereocenters. The Morgan fingerprint density at radius 2 is 1.76 bits per heavy atom. The second kappa shape index (κ2) is 17.0. The van der Waals surface area contributed by atoms with E-state index >= 15 is 0 Å². The highest BCUT2D eigenvalue weighted by molar-refractivity contribution is 5.99. The lowest BCUT2D eigenvalue weighted by Gasteiger charge is -2.00. The van der Waals surface area contributed by atoms with E-state index in [-0.39, 0.29) is 12.8 Å². The number of benzene rings is 1. The molecule has 0 saturated heterocycles. The van der Waals surface area contributed by atoms with Crippen molar-refractivity contribution in [3.05, 3.63) is 30.0 Å². The van der Waals surface area contributed by atoms with Crippen molar-refractivity contribution in [2.24, 2.45) is 15.8 Å². The van der Waals surface area contributed by atoms with Crippen molar-refractivity contribution in [1.82, 2.24) is 10.4 Å². The van der Waals surface area contributed by atoms with Crippen LogP contribution in [0.1, 0.15) is 70.3 Å². The molecule has 1 aromatic heterocycles. The van der Waals surface area contributed by atoms with E-state index in [4.69, 9.17) is 20.7 Å². The van der Waals surface area contributed by atoms with Gasteiger partial charge >= 0.3 is 11.9 Å². The molecule has 0 radical (unpaired) electrons. The number of guanidine groups is 1. The topological polar surface area (TPSA) is 162 Å². The summed E-state index contributed by atoms with van der Waals surface area (Å²) in [6.07, 6.45) is 10.3. The summed E-state index contributed by atoms with van der Waals surface area (Å²) >= 11 is 0. The zero-order chi connectivity index (χ0) is 25.2. The van der Waals surface area contributed by atoms with E-state index in [1.165, 1.54) is 6.42 Å². The molecule has 1 heterocycles. The number of aromatic nitrogens is 1. The summed E-state index contributed by atoms with van der Waals surface area (Å²) in [5.41, 5.74) is 10.5. The maximum absolute atomic E-state index is 10.0. The number of aliphatic carboxylic acids is 2. The lowest BCUT2D eigenvalue weighted by molar-refractivity contribution is -0.138. The number of carboxylic acid groups (broad SMARTS) is 2. The Hall–Kier alpha value is -3.56. The number of ether oxygens (including phenoxy) is 1. The van der Waals surface area contributed by atoms with Crippen molar-refractivity contribution in [3.63, 3.8) is 0 Å². The van der Waals surface area contributed by atoms with Crippen LogP contribution in [-0.2, 0) is 9.59 Å². The summed E-state index contributed by atoms with van der Waals surface area (Å²) in [6, 6.07) is 5.86. The molecule has 2 rings (SSSR count). The Balaban J connectivity index is 0.000000411. The van der Waals surface area contributed by atoms with E-state index in [1.807, 2.05) is 24.4 Å². The number of hydrogen-bond acceptors (Lipinski definition) is 5. The van der Waals surface area contributed by atoms with Gasteiger partial charge in [-0.05, 0) is 37.5 Å². The molecule has 0 saturated carbocycles. The largest absolute Gasteiger partial charge is 0.497 e. The molecule has 6 N–H and O–H groups in total. The Labute approximate surface area is 200 Å². The molecule has 0 aliphatic heterocycles. The Morgan fingerprint density at radius 3 is 2.35 bits per heavy atom. The molecule has 0 fully saturated rings. The third-order valence-electron chi connectivity index (χ3n) is 4.88. The van der Waals surface area contributed by atoms with Crippen LogP contribution in [0.3, 0.4) is 0 Å². The third-order valence-corrected chi connectivity index (χ3v) is 4.88. The van der Waals surface area contributed by atoms with Gasteiger partial charge < -0.3 is 25.7 Å². The molecular formula is C24H37N5O5. The first kappa shape index (κ1) is 28.5. The van der Waals surface area contributed by atoms with Crippen LogP contribution in [0.25, 0.3) is 10.9 Å². The number of H-pyrrole nitrogens is 1. The van der Waals surface area contributed by atoms with Crippen molar-refractivity contribution >= 4 is 35.0 Å². The molecule has 1 aromatic carbocycles. The molecule has 0 aliphatic rings. The monoisotopic (exact) mass is 475 g/mol. The number of rotatable bonds is 14. The highest BCUT2D eigenvalue weighted by Crippen LogP contribution is 2.22. The van der Waals surface area contributed by atoms with Crippen LogP contribution in [0, 0.1) is 0 Å². The summed E-state index contributed by atoms with van der Waals surface area (Å²) in [5, 5.41) is 21.7. The van der Waals surface area contributed by atoms with E-state index in [2.05, 4.69) is 27.4 Å². The summed E-state index contributed by atoms with van der Waals surface area (Å²) in [4.78, 5) is 27.5. The summed E-state index contributed by atoms with van der Waals surface area (Å²) < 4.78 is 5.24.